The van der Waals surface area contributed by atoms with Crippen LogP contribution in [0, 0.1) is 5.92 Å². The summed E-state index contributed by atoms with van der Waals surface area (Å²) < 4.78 is 0. The second-order valence-electron chi connectivity index (χ2n) is 4.16. The van der Waals surface area contributed by atoms with Crippen LogP contribution < -0.4 is 10.6 Å². The molecule has 3 N–H and O–H groups in total. The molecule has 5 heteroatoms. The van der Waals surface area contributed by atoms with Gasteiger partial charge in [-0.25, -0.2) is 4.79 Å². The molecule has 1 atom stereocenters. The standard InChI is InChI=1S/C10H20N2O3/c1-6(2)9(10(14)15)12-8(13)5-11-7(3)4/h6-7,9,11H,5H2,1-4H3,(H,12,13)(H,14,15)/t9-/m1/s1. The first-order valence-electron chi connectivity index (χ1n) is 5.10. The minimum absolute atomic E-state index is 0.120. The smallest absolute Gasteiger partial charge is 0.326 e. The molecule has 0 aromatic carbocycles. The quantitative estimate of drug-likeness (QED) is 0.593. The van der Waals surface area contributed by atoms with Crippen molar-refractivity contribution in [2.24, 2.45) is 5.92 Å². The Morgan fingerprint density at radius 3 is 2.07 bits per heavy atom. The van der Waals surface area contributed by atoms with Crippen molar-refractivity contribution in [2.45, 2.75) is 39.8 Å². The van der Waals surface area contributed by atoms with Crippen molar-refractivity contribution in [3.05, 3.63) is 0 Å². The van der Waals surface area contributed by atoms with Crippen LogP contribution in [0.15, 0.2) is 0 Å². The highest BCUT2D eigenvalue weighted by molar-refractivity contribution is 5.84. The van der Waals surface area contributed by atoms with Gasteiger partial charge in [0.1, 0.15) is 6.04 Å². The van der Waals surface area contributed by atoms with Gasteiger partial charge in [-0.2, -0.15) is 0 Å². The molecule has 0 saturated carbocycles. The summed E-state index contributed by atoms with van der Waals surface area (Å²) in [7, 11) is 0. The first-order chi connectivity index (χ1) is 6.84. The second-order valence-corrected chi connectivity index (χ2v) is 4.16. The molecule has 0 spiro atoms. The van der Waals surface area contributed by atoms with E-state index in [1.807, 2.05) is 13.8 Å². The van der Waals surface area contributed by atoms with Crippen LogP contribution in [0.2, 0.25) is 0 Å². The Bertz CT molecular complexity index is 227. The summed E-state index contributed by atoms with van der Waals surface area (Å²) in [6.07, 6.45) is 0. The van der Waals surface area contributed by atoms with E-state index < -0.39 is 12.0 Å². The van der Waals surface area contributed by atoms with Gasteiger partial charge in [-0.15, -0.1) is 0 Å². The summed E-state index contributed by atoms with van der Waals surface area (Å²) in [4.78, 5) is 22.1. The predicted octanol–water partition coefficient (Wildman–Crippen LogP) is 0.210. The predicted molar refractivity (Wildman–Crippen MR) is 57.5 cm³/mol. The first-order valence-corrected chi connectivity index (χ1v) is 5.10. The molecule has 0 fully saturated rings. The Labute approximate surface area is 90.2 Å². The third kappa shape index (κ3) is 6.06. The highest BCUT2D eigenvalue weighted by Crippen LogP contribution is 2.01. The number of carboxylic acids is 1. The van der Waals surface area contributed by atoms with Crippen LogP contribution >= 0.6 is 0 Å². The normalized spacial score (nSPS) is 12.9. The van der Waals surface area contributed by atoms with Crippen molar-refractivity contribution in [3.63, 3.8) is 0 Å². The maximum absolute atomic E-state index is 11.3. The molecule has 0 aromatic heterocycles. The van der Waals surface area contributed by atoms with Crippen LogP contribution in [-0.4, -0.2) is 35.6 Å². The number of aliphatic carboxylic acids is 1. The van der Waals surface area contributed by atoms with Crippen LogP contribution in [0.25, 0.3) is 0 Å². The Morgan fingerprint density at radius 2 is 1.73 bits per heavy atom. The molecule has 15 heavy (non-hydrogen) atoms. The maximum Gasteiger partial charge on any atom is 0.326 e. The Morgan fingerprint density at radius 1 is 1.20 bits per heavy atom. The third-order valence-electron chi connectivity index (χ3n) is 1.92. The fourth-order valence-corrected chi connectivity index (χ4v) is 1.03. The summed E-state index contributed by atoms with van der Waals surface area (Å²) in [6, 6.07) is -0.607. The highest BCUT2D eigenvalue weighted by atomic mass is 16.4. The van der Waals surface area contributed by atoms with Gasteiger partial charge in [0, 0.05) is 6.04 Å². The number of carbonyl (C=O) groups excluding carboxylic acids is 1. The fraction of sp³-hybridized carbons (Fsp3) is 0.800. The largest absolute Gasteiger partial charge is 0.480 e. The molecule has 1 amide bonds. The molecule has 88 valence electrons. The Kier molecular flexibility index (Phi) is 5.93. The van der Waals surface area contributed by atoms with E-state index >= 15 is 0 Å². The molecule has 0 aliphatic rings. The summed E-state index contributed by atoms with van der Waals surface area (Å²) in [5, 5.41) is 14.2. The van der Waals surface area contributed by atoms with Crippen LogP contribution in [0.3, 0.4) is 0 Å². The minimum atomic E-state index is -0.997. The zero-order valence-electron chi connectivity index (χ0n) is 9.70. The lowest BCUT2D eigenvalue weighted by molar-refractivity contribution is -0.143. The van der Waals surface area contributed by atoms with Crippen LogP contribution in [-0.2, 0) is 9.59 Å². The van der Waals surface area contributed by atoms with E-state index in [0.717, 1.165) is 0 Å². The van der Waals surface area contributed by atoms with Crippen molar-refractivity contribution in [3.8, 4) is 0 Å². The number of hydrogen-bond acceptors (Lipinski definition) is 3. The van der Waals surface area contributed by atoms with E-state index in [0.29, 0.717) is 0 Å². The van der Waals surface area contributed by atoms with Crippen molar-refractivity contribution in [1.29, 1.82) is 0 Å². The zero-order valence-corrected chi connectivity index (χ0v) is 9.70. The van der Waals surface area contributed by atoms with Crippen molar-refractivity contribution in [1.82, 2.24) is 10.6 Å². The molecule has 0 aliphatic heterocycles. The number of nitrogens with one attached hydrogen (secondary N) is 2. The van der Waals surface area contributed by atoms with Crippen molar-refractivity contribution in [2.75, 3.05) is 6.54 Å². The molecule has 0 aliphatic carbocycles. The average Bonchev–Trinajstić information content (AvgIpc) is 2.09. The van der Waals surface area contributed by atoms with E-state index in [2.05, 4.69) is 10.6 Å². The van der Waals surface area contributed by atoms with E-state index in [-0.39, 0.29) is 24.4 Å². The number of rotatable bonds is 6. The lowest BCUT2D eigenvalue weighted by atomic mass is 10.1. The zero-order chi connectivity index (χ0) is 12.0. The molecular weight excluding hydrogens is 196 g/mol. The lowest BCUT2D eigenvalue weighted by Crippen LogP contribution is -2.48. The number of carbonyl (C=O) groups is 2. The van der Waals surface area contributed by atoms with E-state index in [1.54, 1.807) is 13.8 Å². The molecule has 0 saturated heterocycles. The van der Waals surface area contributed by atoms with Gasteiger partial charge in [0.2, 0.25) is 5.91 Å². The van der Waals surface area contributed by atoms with E-state index in [9.17, 15) is 9.59 Å². The summed E-state index contributed by atoms with van der Waals surface area (Å²) >= 11 is 0. The summed E-state index contributed by atoms with van der Waals surface area (Å²) in [5.74, 6) is -1.40. The van der Waals surface area contributed by atoms with Gasteiger partial charge in [-0.05, 0) is 5.92 Å². The van der Waals surface area contributed by atoms with Crippen LogP contribution in [0.1, 0.15) is 27.7 Å². The van der Waals surface area contributed by atoms with E-state index in [1.165, 1.54) is 0 Å². The summed E-state index contributed by atoms with van der Waals surface area (Å²) in [6.45, 7) is 7.51. The first kappa shape index (κ1) is 13.9. The van der Waals surface area contributed by atoms with Gasteiger partial charge >= 0.3 is 5.97 Å². The molecule has 0 rings (SSSR count). The second kappa shape index (κ2) is 6.40. The van der Waals surface area contributed by atoms with Crippen LogP contribution in [0.5, 0.6) is 0 Å². The molecular formula is C10H20N2O3. The highest BCUT2D eigenvalue weighted by Gasteiger charge is 2.22. The number of amides is 1. The fourth-order valence-electron chi connectivity index (χ4n) is 1.03. The Hall–Kier alpha value is -1.10. The Balaban J connectivity index is 4.07. The SMILES string of the molecule is CC(C)NCC(=O)N[C@@H](C(=O)O)C(C)C. The van der Waals surface area contributed by atoms with Gasteiger partial charge in [0.25, 0.3) is 0 Å². The monoisotopic (exact) mass is 216 g/mol. The van der Waals surface area contributed by atoms with Gasteiger partial charge in [0.05, 0.1) is 6.54 Å². The molecule has 5 nitrogen and oxygen atoms in total. The topological polar surface area (TPSA) is 78.4 Å². The third-order valence-corrected chi connectivity index (χ3v) is 1.92. The minimum Gasteiger partial charge on any atom is -0.480 e. The number of carboxylic acid groups (broad SMARTS) is 1. The van der Waals surface area contributed by atoms with Gasteiger partial charge < -0.3 is 15.7 Å². The lowest BCUT2D eigenvalue weighted by Gasteiger charge is -2.18. The van der Waals surface area contributed by atoms with Gasteiger partial charge in [0.15, 0.2) is 0 Å². The van der Waals surface area contributed by atoms with E-state index in [4.69, 9.17) is 5.11 Å². The summed E-state index contributed by atoms with van der Waals surface area (Å²) in [5.41, 5.74) is 0. The molecule has 0 heterocycles. The van der Waals surface area contributed by atoms with Crippen molar-refractivity contribution < 1.29 is 14.7 Å². The molecule has 0 aromatic rings. The number of hydrogen-bond donors (Lipinski definition) is 3. The van der Waals surface area contributed by atoms with Crippen molar-refractivity contribution >= 4 is 11.9 Å². The van der Waals surface area contributed by atoms with Crippen LogP contribution in [0.4, 0.5) is 0 Å². The molecule has 0 bridgehead atoms. The van der Waals surface area contributed by atoms with Gasteiger partial charge in [-0.1, -0.05) is 27.7 Å². The average molecular weight is 216 g/mol. The molecule has 0 radical (unpaired) electrons. The maximum atomic E-state index is 11.3. The van der Waals surface area contributed by atoms with Gasteiger partial charge in [-0.3, -0.25) is 4.79 Å². The molecule has 0 unspecified atom stereocenters.